The first-order chi connectivity index (χ1) is 8.69. The lowest BCUT2D eigenvalue weighted by Crippen LogP contribution is -2.00. The van der Waals surface area contributed by atoms with Gasteiger partial charge in [-0.05, 0) is 24.3 Å². The lowest BCUT2D eigenvalue weighted by Gasteiger charge is -1.98. The van der Waals surface area contributed by atoms with Gasteiger partial charge in [0.15, 0.2) is 5.78 Å². The second-order valence-electron chi connectivity index (χ2n) is 3.43. The van der Waals surface area contributed by atoms with E-state index >= 15 is 0 Å². The van der Waals surface area contributed by atoms with Crippen LogP contribution in [0.2, 0.25) is 0 Å². The van der Waals surface area contributed by atoms with E-state index in [9.17, 15) is 9.18 Å². The molecule has 0 spiro atoms. The standard InChI is InChI=1S/C12H9ClFNOS2/c13-5-11(16)10-6-18-12(15-10)7-17-9-3-1-8(14)2-4-9/h1-4,6H,5,7H2. The number of Topliss-reactive ketones (excluding diaryl/α,β-unsaturated/α-hetero) is 1. The second-order valence-corrected chi connectivity index (χ2v) is 5.68. The first-order valence-corrected chi connectivity index (χ1v) is 7.51. The Labute approximate surface area is 117 Å². The third-order valence-corrected chi connectivity index (χ3v) is 4.43. The Hall–Kier alpha value is -0.910. The van der Waals surface area contributed by atoms with Crippen LogP contribution in [0.4, 0.5) is 4.39 Å². The lowest BCUT2D eigenvalue weighted by molar-refractivity contribution is 0.101. The molecular formula is C12H9ClFNOS2. The van der Waals surface area contributed by atoms with Crippen LogP contribution in [0.25, 0.3) is 0 Å². The first kappa shape index (κ1) is 13.5. The van der Waals surface area contributed by atoms with Gasteiger partial charge in [0.2, 0.25) is 0 Å². The molecule has 0 aliphatic carbocycles. The van der Waals surface area contributed by atoms with Gasteiger partial charge in [0.1, 0.15) is 16.5 Å². The van der Waals surface area contributed by atoms with Gasteiger partial charge in [0.25, 0.3) is 0 Å². The Morgan fingerprint density at radius 1 is 1.39 bits per heavy atom. The molecule has 1 aromatic heterocycles. The molecule has 0 bridgehead atoms. The van der Waals surface area contributed by atoms with Gasteiger partial charge in [-0.3, -0.25) is 4.79 Å². The summed E-state index contributed by atoms with van der Waals surface area (Å²) in [6.07, 6.45) is 0. The predicted octanol–water partition coefficient (Wildman–Crippen LogP) is 4.00. The molecule has 2 aromatic rings. The highest BCUT2D eigenvalue weighted by atomic mass is 35.5. The van der Waals surface area contributed by atoms with Crippen molar-refractivity contribution in [3.63, 3.8) is 0 Å². The molecule has 0 unspecified atom stereocenters. The third kappa shape index (κ3) is 3.54. The van der Waals surface area contributed by atoms with Gasteiger partial charge >= 0.3 is 0 Å². The number of nitrogens with zero attached hydrogens (tertiary/aromatic N) is 1. The van der Waals surface area contributed by atoms with E-state index in [1.165, 1.54) is 23.5 Å². The number of alkyl halides is 1. The highest BCUT2D eigenvalue weighted by Crippen LogP contribution is 2.24. The van der Waals surface area contributed by atoms with Crippen molar-refractivity contribution in [2.75, 3.05) is 5.88 Å². The van der Waals surface area contributed by atoms with E-state index in [-0.39, 0.29) is 17.5 Å². The van der Waals surface area contributed by atoms with Gasteiger partial charge in [-0.25, -0.2) is 9.37 Å². The number of hydrogen-bond donors (Lipinski definition) is 0. The fourth-order valence-electron chi connectivity index (χ4n) is 1.25. The van der Waals surface area contributed by atoms with Gasteiger partial charge < -0.3 is 0 Å². The van der Waals surface area contributed by atoms with Crippen molar-refractivity contribution < 1.29 is 9.18 Å². The van der Waals surface area contributed by atoms with E-state index in [2.05, 4.69) is 4.98 Å². The van der Waals surface area contributed by atoms with Gasteiger partial charge in [0.05, 0.1) is 11.6 Å². The van der Waals surface area contributed by atoms with Crippen molar-refractivity contribution in [3.05, 3.63) is 46.2 Å². The molecule has 1 aromatic carbocycles. The molecule has 0 N–H and O–H groups in total. The molecule has 0 amide bonds. The minimum absolute atomic E-state index is 0.0473. The van der Waals surface area contributed by atoms with Crippen molar-refractivity contribution >= 4 is 40.5 Å². The number of aromatic nitrogens is 1. The summed E-state index contributed by atoms with van der Waals surface area (Å²) < 4.78 is 12.7. The molecule has 6 heteroatoms. The smallest absolute Gasteiger partial charge is 0.196 e. The number of rotatable bonds is 5. The van der Waals surface area contributed by atoms with Crippen LogP contribution in [0.1, 0.15) is 15.5 Å². The molecular weight excluding hydrogens is 293 g/mol. The van der Waals surface area contributed by atoms with Crippen LogP contribution in [0.15, 0.2) is 34.5 Å². The minimum atomic E-state index is -0.247. The quantitative estimate of drug-likeness (QED) is 0.475. The highest BCUT2D eigenvalue weighted by molar-refractivity contribution is 7.98. The number of thiazole rings is 1. The Morgan fingerprint density at radius 2 is 2.11 bits per heavy atom. The third-order valence-electron chi connectivity index (χ3n) is 2.13. The van der Waals surface area contributed by atoms with Crippen LogP contribution in [0.5, 0.6) is 0 Å². The number of benzene rings is 1. The summed E-state index contributed by atoms with van der Waals surface area (Å²) in [5, 5.41) is 2.57. The summed E-state index contributed by atoms with van der Waals surface area (Å²) in [6, 6.07) is 6.29. The van der Waals surface area contributed by atoms with Gasteiger partial charge in [0, 0.05) is 10.3 Å². The first-order valence-electron chi connectivity index (χ1n) is 5.11. The Balaban J connectivity index is 1.96. The normalized spacial score (nSPS) is 10.6. The summed E-state index contributed by atoms with van der Waals surface area (Å²) >= 11 is 8.44. The molecule has 0 saturated carbocycles. The average molecular weight is 302 g/mol. The zero-order chi connectivity index (χ0) is 13.0. The molecule has 0 saturated heterocycles. The highest BCUT2D eigenvalue weighted by Gasteiger charge is 2.09. The van der Waals surface area contributed by atoms with E-state index in [0.29, 0.717) is 11.4 Å². The largest absolute Gasteiger partial charge is 0.291 e. The predicted molar refractivity (Wildman–Crippen MR) is 73.1 cm³/mol. The molecule has 0 radical (unpaired) electrons. The maximum absolute atomic E-state index is 12.7. The topological polar surface area (TPSA) is 30.0 Å². The van der Waals surface area contributed by atoms with E-state index in [0.717, 1.165) is 9.90 Å². The van der Waals surface area contributed by atoms with Crippen LogP contribution >= 0.6 is 34.7 Å². The fraction of sp³-hybridized carbons (Fsp3) is 0.167. The number of halogens is 2. The average Bonchev–Trinajstić information content (AvgIpc) is 2.86. The molecule has 0 aliphatic rings. The van der Waals surface area contributed by atoms with E-state index in [4.69, 9.17) is 11.6 Å². The van der Waals surface area contributed by atoms with Crippen LogP contribution < -0.4 is 0 Å². The SMILES string of the molecule is O=C(CCl)c1csc(CSc2ccc(F)cc2)n1. The van der Waals surface area contributed by atoms with E-state index in [1.54, 1.807) is 29.3 Å². The number of thioether (sulfide) groups is 1. The Bertz CT molecular complexity index is 541. The summed E-state index contributed by atoms with van der Waals surface area (Å²) in [7, 11) is 0. The summed E-state index contributed by atoms with van der Waals surface area (Å²) in [4.78, 5) is 16.5. The molecule has 2 nitrogen and oxygen atoms in total. The molecule has 18 heavy (non-hydrogen) atoms. The Kier molecular flexibility index (Phi) is 4.74. The summed E-state index contributed by atoms with van der Waals surface area (Å²) in [5.41, 5.74) is 0.421. The minimum Gasteiger partial charge on any atom is -0.291 e. The molecule has 0 aliphatic heterocycles. The van der Waals surface area contributed by atoms with E-state index < -0.39 is 0 Å². The molecule has 0 fully saturated rings. The van der Waals surface area contributed by atoms with Crippen LogP contribution in [-0.4, -0.2) is 16.6 Å². The number of ketones is 1. The van der Waals surface area contributed by atoms with Crippen molar-refractivity contribution in [3.8, 4) is 0 Å². The molecule has 94 valence electrons. The number of carbonyl (C=O) groups is 1. The maximum atomic E-state index is 12.7. The van der Waals surface area contributed by atoms with Crippen molar-refractivity contribution in [2.24, 2.45) is 0 Å². The molecule has 1 heterocycles. The fourth-order valence-corrected chi connectivity index (χ4v) is 3.10. The lowest BCUT2D eigenvalue weighted by atomic mass is 10.3. The summed E-state index contributed by atoms with van der Waals surface area (Å²) in [5.74, 6) is 0.203. The van der Waals surface area contributed by atoms with E-state index in [1.807, 2.05) is 0 Å². The van der Waals surface area contributed by atoms with Gasteiger partial charge in [-0.1, -0.05) is 0 Å². The van der Waals surface area contributed by atoms with Crippen LogP contribution in [0.3, 0.4) is 0 Å². The van der Waals surface area contributed by atoms with Gasteiger partial charge in [-0.2, -0.15) is 0 Å². The van der Waals surface area contributed by atoms with Gasteiger partial charge in [-0.15, -0.1) is 34.7 Å². The van der Waals surface area contributed by atoms with Crippen LogP contribution in [-0.2, 0) is 5.75 Å². The Morgan fingerprint density at radius 3 is 2.78 bits per heavy atom. The second kappa shape index (κ2) is 6.31. The van der Waals surface area contributed by atoms with Crippen molar-refractivity contribution in [1.82, 2.24) is 4.98 Å². The summed E-state index contributed by atoms with van der Waals surface area (Å²) in [6.45, 7) is 0. The monoisotopic (exact) mass is 301 g/mol. The zero-order valence-corrected chi connectivity index (χ0v) is 11.6. The molecule has 0 atom stereocenters. The van der Waals surface area contributed by atoms with Crippen molar-refractivity contribution in [2.45, 2.75) is 10.6 Å². The number of hydrogen-bond acceptors (Lipinski definition) is 4. The number of carbonyl (C=O) groups excluding carboxylic acids is 1. The maximum Gasteiger partial charge on any atom is 0.196 e. The van der Waals surface area contributed by atoms with Crippen LogP contribution in [0, 0.1) is 5.82 Å². The zero-order valence-electron chi connectivity index (χ0n) is 9.23. The molecule has 2 rings (SSSR count). The van der Waals surface area contributed by atoms with Crippen molar-refractivity contribution in [1.29, 1.82) is 0 Å².